The molecule has 0 unspecified atom stereocenters. The highest BCUT2D eigenvalue weighted by atomic mass is 32.2. The number of nitrogens with zero attached hydrogens (tertiary/aromatic N) is 2. The lowest BCUT2D eigenvalue weighted by Gasteiger charge is -2.12. The molecule has 1 amide bonds. The van der Waals surface area contributed by atoms with Gasteiger partial charge < -0.3 is 9.73 Å². The number of furan rings is 1. The molecule has 0 aliphatic carbocycles. The highest BCUT2D eigenvalue weighted by Gasteiger charge is 2.21. The van der Waals surface area contributed by atoms with Gasteiger partial charge in [-0.15, -0.1) is 0 Å². The number of amides is 1. The van der Waals surface area contributed by atoms with E-state index in [9.17, 15) is 13.6 Å². The topological polar surface area (TPSA) is 68.0 Å². The molecule has 2 aromatic heterocycles. The number of carbonyl (C=O) groups excluding carboxylic acids is 1. The van der Waals surface area contributed by atoms with E-state index in [1.807, 2.05) is 24.3 Å². The third-order valence-electron chi connectivity index (χ3n) is 3.99. The fourth-order valence-corrected chi connectivity index (χ4v) is 3.50. The summed E-state index contributed by atoms with van der Waals surface area (Å²) in [4.78, 5) is 20.8. The summed E-state index contributed by atoms with van der Waals surface area (Å²) < 4.78 is 33.3. The fraction of sp³-hybridized carbons (Fsp3) is 0.105. The molecule has 0 fully saturated rings. The van der Waals surface area contributed by atoms with Gasteiger partial charge in [0.1, 0.15) is 39.8 Å². The molecule has 0 spiro atoms. The molecule has 0 bridgehead atoms. The molecule has 0 saturated heterocycles. The van der Waals surface area contributed by atoms with Crippen molar-refractivity contribution in [1.82, 2.24) is 9.97 Å². The van der Waals surface area contributed by atoms with E-state index in [-0.39, 0.29) is 0 Å². The monoisotopic (exact) mass is 385 g/mol. The number of carbonyl (C=O) groups is 1. The quantitative estimate of drug-likeness (QED) is 0.405. The first-order chi connectivity index (χ1) is 13.0. The molecule has 0 radical (unpaired) electrons. The molecule has 2 heterocycles. The molecule has 4 aromatic rings. The van der Waals surface area contributed by atoms with Crippen LogP contribution in [0.2, 0.25) is 0 Å². The lowest BCUT2D eigenvalue weighted by Crippen LogP contribution is -2.23. The van der Waals surface area contributed by atoms with Gasteiger partial charge in [0.2, 0.25) is 5.91 Å². The van der Waals surface area contributed by atoms with Crippen molar-refractivity contribution < 1.29 is 18.0 Å². The van der Waals surface area contributed by atoms with Gasteiger partial charge in [-0.1, -0.05) is 30.0 Å². The molecule has 136 valence electrons. The number of para-hydroxylation sites is 2. The van der Waals surface area contributed by atoms with Gasteiger partial charge in [0, 0.05) is 5.39 Å². The summed E-state index contributed by atoms with van der Waals surface area (Å²) in [7, 11) is 0. The molecule has 1 atom stereocenters. The largest absolute Gasteiger partial charge is 0.451 e. The predicted molar refractivity (Wildman–Crippen MR) is 99.6 cm³/mol. The Morgan fingerprint density at radius 3 is 2.63 bits per heavy atom. The van der Waals surface area contributed by atoms with Gasteiger partial charge in [0.15, 0.2) is 5.58 Å². The third-order valence-corrected chi connectivity index (χ3v) is 5.08. The summed E-state index contributed by atoms with van der Waals surface area (Å²) in [6.45, 7) is 1.62. The second kappa shape index (κ2) is 6.96. The summed E-state index contributed by atoms with van der Waals surface area (Å²) in [6.07, 6.45) is 1.40. The smallest absolute Gasteiger partial charge is 0.237 e. The van der Waals surface area contributed by atoms with Crippen LogP contribution in [0, 0.1) is 11.6 Å². The number of fused-ring (bicyclic) bond motifs is 3. The second-order valence-electron chi connectivity index (χ2n) is 5.80. The number of nitrogens with one attached hydrogen (secondary N) is 1. The van der Waals surface area contributed by atoms with Crippen molar-refractivity contribution in [1.29, 1.82) is 0 Å². The van der Waals surface area contributed by atoms with Crippen LogP contribution in [0.25, 0.3) is 22.1 Å². The maximum absolute atomic E-state index is 13.7. The molecule has 0 saturated carbocycles. The molecule has 27 heavy (non-hydrogen) atoms. The van der Waals surface area contributed by atoms with E-state index < -0.39 is 28.5 Å². The van der Waals surface area contributed by atoms with Gasteiger partial charge in [-0.25, -0.2) is 18.7 Å². The molecule has 5 nitrogen and oxygen atoms in total. The minimum Gasteiger partial charge on any atom is -0.451 e. The van der Waals surface area contributed by atoms with Crippen LogP contribution in [0.3, 0.4) is 0 Å². The number of thioether (sulfide) groups is 1. The first kappa shape index (κ1) is 17.4. The summed E-state index contributed by atoms with van der Waals surface area (Å²) >= 11 is 1.13. The number of halogens is 2. The minimum absolute atomic E-state index is 0.466. The summed E-state index contributed by atoms with van der Waals surface area (Å²) in [6, 6.07) is 10.8. The van der Waals surface area contributed by atoms with Crippen LogP contribution in [0.15, 0.2) is 58.2 Å². The predicted octanol–water partition coefficient (Wildman–Crippen LogP) is 4.77. The Hall–Kier alpha value is -3.00. The van der Waals surface area contributed by atoms with Gasteiger partial charge in [-0.05, 0) is 31.2 Å². The first-order valence-corrected chi connectivity index (χ1v) is 8.96. The van der Waals surface area contributed by atoms with Crippen LogP contribution in [0.4, 0.5) is 14.5 Å². The zero-order chi connectivity index (χ0) is 19.0. The van der Waals surface area contributed by atoms with Crippen LogP contribution in [0.5, 0.6) is 0 Å². The Bertz CT molecular complexity index is 1140. The van der Waals surface area contributed by atoms with Crippen LogP contribution in [0.1, 0.15) is 6.92 Å². The summed E-state index contributed by atoms with van der Waals surface area (Å²) in [5, 5.41) is 2.95. The van der Waals surface area contributed by atoms with Crippen LogP contribution in [-0.2, 0) is 4.79 Å². The molecule has 0 aliphatic rings. The van der Waals surface area contributed by atoms with Crippen LogP contribution >= 0.6 is 11.8 Å². The van der Waals surface area contributed by atoms with E-state index in [0.717, 1.165) is 29.3 Å². The molecular formula is C19H13F2N3O2S. The van der Waals surface area contributed by atoms with Crippen molar-refractivity contribution in [3.8, 4) is 0 Å². The Labute approximate surface area is 156 Å². The average molecular weight is 385 g/mol. The third kappa shape index (κ3) is 3.23. The van der Waals surface area contributed by atoms with E-state index in [1.54, 1.807) is 6.92 Å². The van der Waals surface area contributed by atoms with E-state index in [0.29, 0.717) is 21.7 Å². The molecule has 0 aliphatic heterocycles. The molecule has 2 aromatic carbocycles. The number of rotatable bonds is 4. The van der Waals surface area contributed by atoms with Crippen molar-refractivity contribution in [2.75, 3.05) is 5.32 Å². The van der Waals surface area contributed by atoms with E-state index in [2.05, 4.69) is 15.3 Å². The number of hydrogen-bond acceptors (Lipinski definition) is 5. The Morgan fingerprint density at radius 1 is 1.11 bits per heavy atom. The van der Waals surface area contributed by atoms with Gasteiger partial charge in [-0.3, -0.25) is 4.79 Å². The molecular weight excluding hydrogens is 372 g/mol. The van der Waals surface area contributed by atoms with Gasteiger partial charge in [0.05, 0.1) is 5.25 Å². The highest BCUT2D eigenvalue weighted by Crippen LogP contribution is 2.34. The van der Waals surface area contributed by atoms with E-state index in [4.69, 9.17) is 4.42 Å². The minimum atomic E-state index is -0.831. The lowest BCUT2D eigenvalue weighted by molar-refractivity contribution is -0.115. The first-order valence-electron chi connectivity index (χ1n) is 8.08. The van der Waals surface area contributed by atoms with Crippen LogP contribution < -0.4 is 5.32 Å². The summed E-state index contributed by atoms with van der Waals surface area (Å²) in [5.74, 6) is -2.21. The Morgan fingerprint density at radius 2 is 1.85 bits per heavy atom. The zero-order valence-corrected chi connectivity index (χ0v) is 14.9. The second-order valence-corrected chi connectivity index (χ2v) is 7.13. The number of anilines is 1. The van der Waals surface area contributed by atoms with Gasteiger partial charge >= 0.3 is 0 Å². The maximum Gasteiger partial charge on any atom is 0.237 e. The average Bonchev–Trinajstić information content (AvgIpc) is 3.04. The Balaban J connectivity index is 1.61. The van der Waals surface area contributed by atoms with Crippen molar-refractivity contribution in [2.24, 2.45) is 0 Å². The van der Waals surface area contributed by atoms with E-state index >= 15 is 0 Å². The van der Waals surface area contributed by atoms with Crippen molar-refractivity contribution >= 4 is 45.4 Å². The van der Waals surface area contributed by atoms with Crippen LogP contribution in [-0.4, -0.2) is 21.1 Å². The number of hydrogen-bond donors (Lipinski definition) is 1. The van der Waals surface area contributed by atoms with Gasteiger partial charge in [-0.2, -0.15) is 0 Å². The zero-order valence-electron chi connectivity index (χ0n) is 14.1. The van der Waals surface area contributed by atoms with Crippen molar-refractivity contribution in [2.45, 2.75) is 17.2 Å². The molecule has 4 rings (SSSR count). The molecule has 1 N–H and O–H groups in total. The maximum atomic E-state index is 13.7. The van der Waals surface area contributed by atoms with Gasteiger partial charge in [0.25, 0.3) is 0 Å². The standard InChI is InChI=1S/C19H13F2N3O2S/c1-10(18(25)24-16-12(20)6-4-7-13(16)21)27-19-17-15(22-9-23-19)11-5-2-3-8-14(11)26-17/h2-10H,1H3,(H,24,25)/t10-/m1/s1. The van der Waals surface area contributed by atoms with Crippen molar-refractivity contribution in [3.05, 3.63) is 60.4 Å². The fourth-order valence-electron chi connectivity index (χ4n) is 2.65. The SMILES string of the molecule is C[C@@H](Sc1ncnc2c1oc1ccccc12)C(=O)Nc1c(F)cccc1F. The highest BCUT2D eigenvalue weighted by molar-refractivity contribution is 8.00. The van der Waals surface area contributed by atoms with Crippen molar-refractivity contribution in [3.63, 3.8) is 0 Å². The number of benzene rings is 2. The lowest BCUT2D eigenvalue weighted by atomic mass is 10.2. The molecule has 8 heteroatoms. The normalized spacial score (nSPS) is 12.4. The van der Waals surface area contributed by atoms with E-state index in [1.165, 1.54) is 12.4 Å². The summed E-state index contributed by atoms with van der Waals surface area (Å²) in [5.41, 5.74) is 1.32. The Kier molecular flexibility index (Phi) is 4.49. The number of aromatic nitrogens is 2.